The molecule has 0 amide bonds. The van der Waals surface area contributed by atoms with E-state index in [1.807, 2.05) is 25.1 Å². The number of carboxylic acid groups (broad SMARTS) is 1. The van der Waals surface area contributed by atoms with Crippen molar-refractivity contribution in [1.29, 1.82) is 0 Å². The van der Waals surface area contributed by atoms with Gasteiger partial charge < -0.3 is 9.84 Å². The molecule has 0 fully saturated rings. The number of hydrogen-bond donors (Lipinski definition) is 1. The highest BCUT2D eigenvalue weighted by atomic mass is 16.5. The van der Waals surface area contributed by atoms with E-state index in [4.69, 9.17) is 9.84 Å². The van der Waals surface area contributed by atoms with Gasteiger partial charge in [-0.1, -0.05) is 0 Å². The maximum Gasteiger partial charge on any atom is 0.339 e. The van der Waals surface area contributed by atoms with Crippen LogP contribution in [0.25, 0.3) is 11.4 Å². The summed E-state index contributed by atoms with van der Waals surface area (Å²) in [6, 6.07) is 5.60. The van der Waals surface area contributed by atoms with Crippen LogP contribution in [0.5, 0.6) is 5.75 Å². The summed E-state index contributed by atoms with van der Waals surface area (Å²) in [5.74, 6) is 0.283. The molecular formula is C14H14N2O3. The fourth-order valence-electron chi connectivity index (χ4n) is 1.83. The van der Waals surface area contributed by atoms with Crippen molar-refractivity contribution in [2.45, 2.75) is 13.8 Å². The minimum atomic E-state index is -1.02. The van der Waals surface area contributed by atoms with Crippen molar-refractivity contribution in [3.63, 3.8) is 0 Å². The maximum absolute atomic E-state index is 10.9. The number of aryl methyl sites for hydroxylation is 2. The molecule has 2 aromatic rings. The van der Waals surface area contributed by atoms with E-state index in [2.05, 4.69) is 9.97 Å². The highest BCUT2D eigenvalue weighted by molar-refractivity contribution is 5.88. The highest BCUT2D eigenvalue weighted by Gasteiger charge is 2.11. The quantitative estimate of drug-likeness (QED) is 0.915. The Morgan fingerprint density at radius 1 is 1.32 bits per heavy atom. The third-order valence-electron chi connectivity index (χ3n) is 2.86. The molecule has 0 saturated carbocycles. The zero-order valence-corrected chi connectivity index (χ0v) is 11.0. The smallest absolute Gasteiger partial charge is 0.339 e. The number of ether oxygens (including phenoxy) is 1. The van der Waals surface area contributed by atoms with Crippen LogP contribution in [0.15, 0.2) is 24.4 Å². The molecule has 0 atom stereocenters. The molecule has 1 aromatic carbocycles. The average molecular weight is 258 g/mol. The second kappa shape index (κ2) is 5.06. The third-order valence-corrected chi connectivity index (χ3v) is 2.86. The molecule has 0 unspecified atom stereocenters. The third kappa shape index (κ3) is 2.54. The first-order chi connectivity index (χ1) is 9.02. The summed E-state index contributed by atoms with van der Waals surface area (Å²) >= 11 is 0. The van der Waals surface area contributed by atoms with Gasteiger partial charge in [0.2, 0.25) is 0 Å². The summed E-state index contributed by atoms with van der Waals surface area (Å²) in [6.45, 7) is 3.59. The van der Waals surface area contributed by atoms with E-state index in [0.29, 0.717) is 11.5 Å². The normalized spacial score (nSPS) is 10.3. The first-order valence-corrected chi connectivity index (χ1v) is 5.75. The summed E-state index contributed by atoms with van der Waals surface area (Å²) in [5, 5.41) is 8.94. The van der Waals surface area contributed by atoms with Crippen LogP contribution in [0.1, 0.15) is 21.6 Å². The van der Waals surface area contributed by atoms with Crippen LogP contribution >= 0.6 is 0 Å². The van der Waals surface area contributed by atoms with Crippen molar-refractivity contribution in [3.05, 3.63) is 41.2 Å². The number of nitrogens with zero attached hydrogens (tertiary/aromatic N) is 2. The molecule has 1 heterocycles. The molecule has 0 aliphatic rings. The van der Waals surface area contributed by atoms with Gasteiger partial charge in [-0.05, 0) is 37.6 Å². The van der Waals surface area contributed by atoms with Crippen molar-refractivity contribution in [1.82, 2.24) is 9.97 Å². The number of rotatable bonds is 3. The summed E-state index contributed by atoms with van der Waals surface area (Å²) in [4.78, 5) is 19.2. The Kier molecular flexibility index (Phi) is 3.46. The average Bonchev–Trinajstić information content (AvgIpc) is 2.38. The zero-order valence-electron chi connectivity index (χ0n) is 11.0. The summed E-state index contributed by atoms with van der Waals surface area (Å²) in [6.07, 6.45) is 1.33. The van der Waals surface area contributed by atoms with Gasteiger partial charge in [0.05, 0.1) is 18.4 Å². The molecule has 0 spiro atoms. The summed E-state index contributed by atoms with van der Waals surface area (Å²) < 4.78 is 5.19. The van der Waals surface area contributed by atoms with E-state index in [-0.39, 0.29) is 5.56 Å². The predicted octanol–water partition coefficient (Wildman–Crippen LogP) is 2.47. The van der Waals surface area contributed by atoms with Crippen LogP contribution in [-0.4, -0.2) is 28.2 Å². The first kappa shape index (κ1) is 13.0. The van der Waals surface area contributed by atoms with Crippen LogP contribution < -0.4 is 4.74 Å². The molecule has 5 heteroatoms. The van der Waals surface area contributed by atoms with Gasteiger partial charge in [-0.2, -0.15) is 0 Å². The Hall–Kier alpha value is -2.43. The molecule has 19 heavy (non-hydrogen) atoms. The van der Waals surface area contributed by atoms with Gasteiger partial charge in [0.25, 0.3) is 0 Å². The summed E-state index contributed by atoms with van der Waals surface area (Å²) in [5.41, 5.74) is 2.38. The molecule has 2 rings (SSSR count). The van der Waals surface area contributed by atoms with E-state index < -0.39 is 5.97 Å². The van der Waals surface area contributed by atoms with Crippen LogP contribution in [0.2, 0.25) is 0 Å². The van der Waals surface area contributed by atoms with Gasteiger partial charge in [0.15, 0.2) is 5.82 Å². The molecule has 1 aromatic heterocycles. The van der Waals surface area contributed by atoms with Gasteiger partial charge in [-0.15, -0.1) is 0 Å². The van der Waals surface area contributed by atoms with Crippen molar-refractivity contribution in [2.75, 3.05) is 7.11 Å². The molecule has 98 valence electrons. The van der Waals surface area contributed by atoms with E-state index in [9.17, 15) is 4.79 Å². The Morgan fingerprint density at radius 3 is 2.58 bits per heavy atom. The minimum Gasteiger partial charge on any atom is -0.496 e. The largest absolute Gasteiger partial charge is 0.496 e. The number of benzene rings is 1. The molecule has 0 saturated heterocycles. The Labute approximate surface area is 110 Å². The van der Waals surface area contributed by atoms with E-state index in [1.54, 1.807) is 14.0 Å². The van der Waals surface area contributed by atoms with Crippen LogP contribution in [0.4, 0.5) is 0 Å². The fraction of sp³-hybridized carbons (Fsp3) is 0.214. The predicted molar refractivity (Wildman–Crippen MR) is 70.5 cm³/mol. The molecule has 0 bridgehead atoms. The Morgan fingerprint density at radius 2 is 2.05 bits per heavy atom. The van der Waals surface area contributed by atoms with Gasteiger partial charge in [-0.25, -0.2) is 14.8 Å². The molecule has 0 aliphatic carbocycles. The van der Waals surface area contributed by atoms with Crippen molar-refractivity contribution < 1.29 is 14.6 Å². The Balaban J connectivity index is 2.45. The Bertz CT molecular complexity index is 639. The number of carbonyl (C=O) groups is 1. The van der Waals surface area contributed by atoms with E-state index in [1.165, 1.54) is 6.20 Å². The molecule has 0 aliphatic heterocycles. The van der Waals surface area contributed by atoms with E-state index >= 15 is 0 Å². The summed E-state index contributed by atoms with van der Waals surface area (Å²) in [7, 11) is 1.62. The monoisotopic (exact) mass is 258 g/mol. The number of aromatic carboxylic acids is 1. The highest BCUT2D eigenvalue weighted by Crippen LogP contribution is 2.24. The molecular weight excluding hydrogens is 244 g/mol. The van der Waals surface area contributed by atoms with Crippen LogP contribution in [0, 0.1) is 13.8 Å². The molecule has 0 radical (unpaired) electrons. The van der Waals surface area contributed by atoms with Gasteiger partial charge in [0.1, 0.15) is 5.75 Å². The standard InChI is InChI=1S/C14H14N2O3/c1-8-6-10(4-5-12(8)19-3)13-15-7-11(14(17)18)9(2)16-13/h4-7H,1-3H3,(H,17,18). The second-order valence-corrected chi connectivity index (χ2v) is 4.18. The van der Waals surface area contributed by atoms with E-state index in [0.717, 1.165) is 16.9 Å². The van der Waals surface area contributed by atoms with Crippen LogP contribution in [-0.2, 0) is 0 Å². The zero-order chi connectivity index (χ0) is 14.0. The lowest BCUT2D eigenvalue weighted by atomic mass is 10.1. The lowest BCUT2D eigenvalue weighted by molar-refractivity contribution is 0.0695. The first-order valence-electron chi connectivity index (χ1n) is 5.75. The second-order valence-electron chi connectivity index (χ2n) is 4.18. The van der Waals surface area contributed by atoms with Gasteiger partial charge in [-0.3, -0.25) is 0 Å². The molecule has 1 N–H and O–H groups in total. The number of aromatic nitrogens is 2. The maximum atomic E-state index is 10.9. The molecule has 5 nitrogen and oxygen atoms in total. The fourth-order valence-corrected chi connectivity index (χ4v) is 1.83. The van der Waals surface area contributed by atoms with Crippen molar-refractivity contribution in [3.8, 4) is 17.1 Å². The lowest BCUT2D eigenvalue weighted by Crippen LogP contribution is -2.04. The SMILES string of the molecule is COc1ccc(-c2ncc(C(=O)O)c(C)n2)cc1C. The van der Waals surface area contributed by atoms with Crippen molar-refractivity contribution >= 4 is 5.97 Å². The number of carboxylic acids is 1. The lowest BCUT2D eigenvalue weighted by Gasteiger charge is -2.07. The number of hydrogen-bond acceptors (Lipinski definition) is 4. The van der Waals surface area contributed by atoms with Gasteiger partial charge in [0, 0.05) is 11.8 Å². The van der Waals surface area contributed by atoms with Gasteiger partial charge >= 0.3 is 5.97 Å². The van der Waals surface area contributed by atoms with Crippen LogP contribution in [0.3, 0.4) is 0 Å². The minimum absolute atomic E-state index is 0.119. The van der Waals surface area contributed by atoms with Crippen molar-refractivity contribution in [2.24, 2.45) is 0 Å². The number of methoxy groups -OCH3 is 1. The topological polar surface area (TPSA) is 72.3 Å².